The summed E-state index contributed by atoms with van der Waals surface area (Å²) >= 11 is 3.47. The van der Waals surface area contributed by atoms with Crippen LogP contribution in [-0.2, 0) is 11.3 Å². The van der Waals surface area contributed by atoms with E-state index in [1.807, 2.05) is 0 Å². The fourth-order valence-corrected chi connectivity index (χ4v) is 3.43. The highest BCUT2D eigenvalue weighted by molar-refractivity contribution is 9.10. The first-order valence-corrected chi connectivity index (χ1v) is 8.53. The van der Waals surface area contributed by atoms with Crippen LogP contribution in [0.1, 0.15) is 42.7 Å². The molecule has 2 atom stereocenters. The lowest BCUT2D eigenvalue weighted by Gasteiger charge is -2.32. The second kappa shape index (κ2) is 7.24. The zero-order valence-corrected chi connectivity index (χ0v) is 13.8. The Hall–Kier alpha value is -1.12. The molecule has 1 fully saturated rings. The van der Waals surface area contributed by atoms with Gasteiger partial charge in [0.25, 0.3) is 0 Å². The molecular weight excluding hydrogens is 324 g/mol. The monoisotopic (exact) mass is 344 g/mol. The molecule has 110 valence electrons. The number of hydrogen-bond donors (Lipinski definition) is 0. The molecule has 1 aliphatic rings. The fraction of sp³-hybridized carbons (Fsp3) is 0.368. The van der Waals surface area contributed by atoms with Gasteiger partial charge in [0, 0.05) is 10.4 Å². The van der Waals surface area contributed by atoms with Gasteiger partial charge >= 0.3 is 0 Å². The minimum Gasteiger partial charge on any atom is -0.373 e. The third kappa shape index (κ3) is 3.96. The molecule has 0 N–H and O–H groups in total. The highest BCUT2D eigenvalue weighted by Crippen LogP contribution is 2.35. The Morgan fingerprint density at radius 3 is 2.38 bits per heavy atom. The molecule has 2 heteroatoms. The molecule has 0 heterocycles. The Bertz CT molecular complexity index is 550. The van der Waals surface area contributed by atoms with E-state index in [9.17, 15) is 0 Å². The molecule has 21 heavy (non-hydrogen) atoms. The van der Waals surface area contributed by atoms with Crippen molar-refractivity contribution < 1.29 is 4.74 Å². The molecule has 1 saturated carbocycles. The fourth-order valence-electron chi connectivity index (χ4n) is 3.16. The number of benzene rings is 2. The van der Waals surface area contributed by atoms with Crippen molar-refractivity contribution in [2.45, 2.75) is 44.3 Å². The first-order chi connectivity index (χ1) is 10.3. The van der Waals surface area contributed by atoms with E-state index in [1.165, 1.54) is 36.8 Å². The van der Waals surface area contributed by atoms with E-state index < -0.39 is 0 Å². The first kappa shape index (κ1) is 14.8. The summed E-state index contributed by atoms with van der Waals surface area (Å²) in [6.07, 6.45) is 5.38. The summed E-state index contributed by atoms with van der Waals surface area (Å²) in [6.45, 7) is 0.710. The average molecular weight is 345 g/mol. The van der Waals surface area contributed by atoms with Crippen molar-refractivity contribution in [2.24, 2.45) is 0 Å². The molecule has 0 radical (unpaired) electrons. The normalized spacial score (nSPS) is 22.1. The van der Waals surface area contributed by atoms with Crippen molar-refractivity contribution in [3.05, 3.63) is 70.2 Å². The molecule has 3 rings (SSSR count). The van der Waals surface area contributed by atoms with E-state index in [0.29, 0.717) is 18.6 Å². The van der Waals surface area contributed by atoms with Gasteiger partial charge in [-0.05, 0) is 36.1 Å². The van der Waals surface area contributed by atoms with Gasteiger partial charge < -0.3 is 4.74 Å². The molecule has 2 aromatic carbocycles. The smallest absolute Gasteiger partial charge is 0.0720 e. The van der Waals surface area contributed by atoms with Crippen LogP contribution in [0, 0.1) is 0 Å². The molecular formula is C19H21BrO. The Morgan fingerprint density at radius 1 is 0.905 bits per heavy atom. The Balaban J connectivity index is 1.66. The number of halogens is 1. The van der Waals surface area contributed by atoms with E-state index in [-0.39, 0.29) is 0 Å². The molecule has 0 bridgehead atoms. The predicted octanol–water partition coefficient (Wildman–Crippen LogP) is 5.69. The van der Waals surface area contributed by atoms with Gasteiger partial charge in [-0.25, -0.2) is 0 Å². The summed E-state index contributed by atoms with van der Waals surface area (Å²) in [7, 11) is 0. The van der Waals surface area contributed by atoms with E-state index in [2.05, 4.69) is 70.5 Å². The van der Waals surface area contributed by atoms with Gasteiger partial charge in [0.2, 0.25) is 0 Å². The van der Waals surface area contributed by atoms with Crippen LogP contribution in [0.15, 0.2) is 59.1 Å². The van der Waals surface area contributed by atoms with Gasteiger partial charge in [-0.3, -0.25) is 0 Å². The largest absolute Gasteiger partial charge is 0.373 e. The molecule has 0 spiro atoms. The summed E-state index contributed by atoms with van der Waals surface area (Å²) in [6, 6.07) is 19.3. The minimum atomic E-state index is 0.352. The van der Waals surface area contributed by atoms with Crippen LogP contribution in [0.25, 0.3) is 0 Å². The molecule has 0 aliphatic heterocycles. The lowest BCUT2D eigenvalue weighted by Crippen LogP contribution is -2.26. The number of hydrogen-bond acceptors (Lipinski definition) is 1. The maximum absolute atomic E-state index is 6.26. The summed E-state index contributed by atoms with van der Waals surface area (Å²) in [4.78, 5) is 0. The van der Waals surface area contributed by atoms with Crippen LogP contribution >= 0.6 is 15.9 Å². The molecule has 1 aliphatic carbocycles. The van der Waals surface area contributed by atoms with Gasteiger partial charge in [-0.2, -0.15) is 0 Å². The highest BCUT2D eigenvalue weighted by Gasteiger charge is 2.26. The maximum Gasteiger partial charge on any atom is 0.0720 e. The quantitative estimate of drug-likeness (QED) is 0.691. The SMILES string of the molecule is Brc1ccc(CO[C@H]2CCCC[C@@H]2c2ccccc2)cc1. The van der Waals surface area contributed by atoms with Crippen molar-refractivity contribution in [3.63, 3.8) is 0 Å². The van der Waals surface area contributed by atoms with Crippen LogP contribution < -0.4 is 0 Å². The standard InChI is InChI=1S/C19H21BrO/c20-17-12-10-15(11-13-17)14-21-19-9-5-4-8-18(19)16-6-2-1-3-7-16/h1-3,6-7,10-13,18-19H,4-5,8-9,14H2/t18-,19+/m1/s1. The topological polar surface area (TPSA) is 9.23 Å². The highest BCUT2D eigenvalue weighted by atomic mass is 79.9. The van der Waals surface area contributed by atoms with Gasteiger partial charge in [0.1, 0.15) is 0 Å². The zero-order chi connectivity index (χ0) is 14.5. The third-order valence-corrected chi connectivity index (χ3v) is 4.84. The summed E-state index contributed by atoms with van der Waals surface area (Å²) in [5.41, 5.74) is 2.67. The second-order valence-electron chi connectivity index (χ2n) is 5.78. The van der Waals surface area contributed by atoms with Crippen molar-refractivity contribution in [1.82, 2.24) is 0 Å². The lowest BCUT2D eigenvalue weighted by atomic mass is 9.81. The predicted molar refractivity (Wildman–Crippen MR) is 90.4 cm³/mol. The number of ether oxygens (including phenoxy) is 1. The molecule has 0 saturated heterocycles. The van der Waals surface area contributed by atoms with Gasteiger partial charge in [-0.15, -0.1) is 0 Å². The lowest BCUT2D eigenvalue weighted by molar-refractivity contribution is 0.00198. The number of rotatable bonds is 4. The molecule has 2 aromatic rings. The third-order valence-electron chi connectivity index (χ3n) is 4.31. The summed E-state index contributed by atoms with van der Waals surface area (Å²) in [5.74, 6) is 0.551. The molecule has 0 amide bonds. The van der Waals surface area contributed by atoms with Crippen molar-refractivity contribution in [2.75, 3.05) is 0 Å². The summed E-state index contributed by atoms with van der Waals surface area (Å²) < 4.78 is 7.38. The molecule has 0 unspecified atom stereocenters. The maximum atomic E-state index is 6.26. The van der Waals surface area contributed by atoms with E-state index in [4.69, 9.17) is 4.74 Å². The van der Waals surface area contributed by atoms with Crippen molar-refractivity contribution >= 4 is 15.9 Å². The second-order valence-corrected chi connectivity index (χ2v) is 6.69. The van der Waals surface area contributed by atoms with Crippen LogP contribution in [0.5, 0.6) is 0 Å². The average Bonchev–Trinajstić information content (AvgIpc) is 2.55. The van der Waals surface area contributed by atoms with Crippen LogP contribution in [0.2, 0.25) is 0 Å². The van der Waals surface area contributed by atoms with Gasteiger partial charge in [0.15, 0.2) is 0 Å². The summed E-state index contributed by atoms with van der Waals surface area (Å²) in [5, 5.41) is 0. The Morgan fingerprint density at radius 2 is 1.62 bits per heavy atom. The Kier molecular flexibility index (Phi) is 5.10. The Labute approximate surface area is 135 Å². The van der Waals surface area contributed by atoms with Crippen molar-refractivity contribution in [3.8, 4) is 0 Å². The van der Waals surface area contributed by atoms with Crippen LogP contribution in [0.3, 0.4) is 0 Å². The van der Waals surface area contributed by atoms with Gasteiger partial charge in [0.05, 0.1) is 12.7 Å². The zero-order valence-electron chi connectivity index (χ0n) is 12.2. The molecule has 1 nitrogen and oxygen atoms in total. The van der Waals surface area contributed by atoms with E-state index >= 15 is 0 Å². The molecule has 0 aromatic heterocycles. The van der Waals surface area contributed by atoms with E-state index in [0.717, 1.165) is 4.47 Å². The van der Waals surface area contributed by atoms with E-state index in [1.54, 1.807) is 0 Å². The van der Waals surface area contributed by atoms with Gasteiger partial charge in [-0.1, -0.05) is 71.2 Å². The first-order valence-electron chi connectivity index (χ1n) is 7.74. The van der Waals surface area contributed by atoms with Crippen molar-refractivity contribution in [1.29, 1.82) is 0 Å². The minimum absolute atomic E-state index is 0.352. The van der Waals surface area contributed by atoms with Crippen LogP contribution in [0.4, 0.5) is 0 Å². The van der Waals surface area contributed by atoms with Crippen LogP contribution in [-0.4, -0.2) is 6.10 Å².